The number of methoxy groups -OCH3 is 2. The van der Waals surface area contributed by atoms with E-state index in [9.17, 15) is 4.79 Å². The zero-order valence-corrected chi connectivity index (χ0v) is 16.9. The third-order valence-electron chi connectivity index (χ3n) is 4.57. The minimum atomic E-state index is -0.441. The van der Waals surface area contributed by atoms with Gasteiger partial charge in [-0.25, -0.2) is 0 Å². The highest BCUT2D eigenvalue weighted by Gasteiger charge is 2.38. The zero-order valence-electron chi connectivity index (χ0n) is 15.3. The lowest BCUT2D eigenvalue weighted by atomic mass is 10.2. The molecule has 0 radical (unpaired) electrons. The lowest BCUT2D eigenvalue weighted by molar-refractivity contribution is 0.0729. The van der Waals surface area contributed by atoms with E-state index in [1.165, 1.54) is 0 Å². The minimum Gasteiger partial charge on any atom is -0.495 e. The van der Waals surface area contributed by atoms with Crippen LogP contribution >= 0.6 is 22.9 Å². The second-order valence-electron chi connectivity index (χ2n) is 6.18. The Bertz CT molecular complexity index is 1010. The van der Waals surface area contributed by atoms with Crippen molar-refractivity contribution in [3.05, 3.63) is 69.1 Å². The van der Waals surface area contributed by atoms with Crippen LogP contribution in [-0.4, -0.2) is 30.0 Å². The van der Waals surface area contributed by atoms with Crippen LogP contribution in [0.4, 0.5) is 5.69 Å². The van der Waals surface area contributed by atoms with Gasteiger partial charge in [0.15, 0.2) is 0 Å². The van der Waals surface area contributed by atoms with E-state index in [0.717, 1.165) is 4.88 Å². The molecule has 2 aromatic heterocycles. The molecule has 0 spiro atoms. The Labute approximate surface area is 171 Å². The van der Waals surface area contributed by atoms with Gasteiger partial charge < -0.3 is 19.7 Å². The van der Waals surface area contributed by atoms with E-state index in [1.54, 1.807) is 60.9 Å². The molecule has 28 heavy (non-hydrogen) atoms. The first-order valence-corrected chi connectivity index (χ1v) is 9.84. The zero-order chi connectivity index (χ0) is 19.7. The van der Waals surface area contributed by atoms with E-state index in [4.69, 9.17) is 21.1 Å². The van der Waals surface area contributed by atoms with Gasteiger partial charge in [-0.2, -0.15) is 0 Å². The van der Waals surface area contributed by atoms with Gasteiger partial charge in [-0.05, 0) is 29.6 Å². The number of ether oxygens (including phenoxy) is 2. The lowest BCUT2D eigenvalue weighted by Gasteiger charge is -2.27. The monoisotopic (exact) mass is 415 g/mol. The van der Waals surface area contributed by atoms with Crippen molar-refractivity contribution in [3.63, 3.8) is 0 Å². The molecule has 1 aromatic carbocycles. The Morgan fingerprint density at radius 2 is 2.04 bits per heavy atom. The van der Waals surface area contributed by atoms with Crippen molar-refractivity contribution in [2.24, 2.45) is 0 Å². The van der Waals surface area contributed by atoms with Gasteiger partial charge in [0.1, 0.15) is 17.7 Å². The predicted molar refractivity (Wildman–Crippen MR) is 109 cm³/mol. The molecule has 1 N–H and O–H groups in total. The minimum absolute atomic E-state index is 0.0624. The number of carbonyl (C=O) groups is 1. The van der Waals surface area contributed by atoms with Gasteiger partial charge in [0, 0.05) is 17.1 Å². The number of carbonyl (C=O) groups excluding carboxylic acids is 1. The standard InChI is InChI=1S/C20H18ClN3O3S/c1-26-16-10-17(27-2)15(9-14(16)21)23-19-18-13(6-3-7-22-18)20(25)24(19)11-12-5-4-8-28-12/h3-10,19,23H,11H2,1-2H3/t19-/m0/s1. The molecule has 0 fully saturated rings. The Hall–Kier alpha value is -2.77. The smallest absolute Gasteiger partial charge is 0.258 e. The molecular weight excluding hydrogens is 398 g/mol. The summed E-state index contributed by atoms with van der Waals surface area (Å²) in [5, 5.41) is 5.83. The van der Waals surface area contributed by atoms with E-state index < -0.39 is 6.17 Å². The largest absolute Gasteiger partial charge is 0.495 e. The second kappa shape index (κ2) is 7.69. The summed E-state index contributed by atoms with van der Waals surface area (Å²) in [7, 11) is 3.12. The molecule has 1 aliphatic rings. The van der Waals surface area contributed by atoms with Crippen molar-refractivity contribution in [1.82, 2.24) is 9.88 Å². The van der Waals surface area contributed by atoms with Gasteiger partial charge in [0.2, 0.25) is 0 Å². The second-order valence-corrected chi connectivity index (χ2v) is 7.62. The fourth-order valence-electron chi connectivity index (χ4n) is 3.24. The number of hydrogen-bond acceptors (Lipinski definition) is 6. The summed E-state index contributed by atoms with van der Waals surface area (Å²) in [6.07, 6.45) is 1.25. The summed E-state index contributed by atoms with van der Waals surface area (Å²) in [6, 6.07) is 11.0. The lowest BCUT2D eigenvalue weighted by Crippen LogP contribution is -2.31. The molecule has 0 saturated heterocycles. The summed E-state index contributed by atoms with van der Waals surface area (Å²) < 4.78 is 10.7. The SMILES string of the molecule is COc1cc(OC)c(N[C@@H]2c3ncccc3C(=O)N2Cc2cccs2)cc1Cl. The molecule has 4 rings (SSSR count). The van der Waals surface area contributed by atoms with Crippen LogP contribution in [0, 0.1) is 0 Å². The Morgan fingerprint density at radius 1 is 1.21 bits per heavy atom. The topological polar surface area (TPSA) is 63.7 Å². The molecule has 0 saturated carbocycles. The maximum absolute atomic E-state index is 13.0. The maximum Gasteiger partial charge on any atom is 0.258 e. The average molecular weight is 416 g/mol. The molecule has 3 aromatic rings. The van der Waals surface area contributed by atoms with Gasteiger partial charge in [0.05, 0.1) is 42.7 Å². The van der Waals surface area contributed by atoms with Crippen molar-refractivity contribution in [1.29, 1.82) is 0 Å². The molecule has 0 unspecified atom stereocenters. The number of fused-ring (bicyclic) bond motifs is 1. The van der Waals surface area contributed by atoms with E-state index in [0.29, 0.717) is 40.0 Å². The fourth-order valence-corrected chi connectivity index (χ4v) is 4.18. The molecule has 144 valence electrons. The average Bonchev–Trinajstić information content (AvgIpc) is 3.31. The van der Waals surface area contributed by atoms with E-state index in [1.807, 2.05) is 17.5 Å². The molecule has 1 aliphatic heterocycles. The van der Waals surface area contributed by atoms with Crippen molar-refractivity contribution in [2.75, 3.05) is 19.5 Å². The van der Waals surface area contributed by atoms with Crippen LogP contribution in [0.25, 0.3) is 0 Å². The summed E-state index contributed by atoms with van der Waals surface area (Å²) in [5.74, 6) is 1.02. The summed E-state index contributed by atoms with van der Waals surface area (Å²) in [6.45, 7) is 0.483. The molecule has 6 nitrogen and oxygen atoms in total. The molecule has 3 heterocycles. The summed E-state index contributed by atoms with van der Waals surface area (Å²) >= 11 is 7.92. The first-order valence-electron chi connectivity index (χ1n) is 8.58. The number of halogens is 1. The number of anilines is 1. The van der Waals surface area contributed by atoms with Crippen LogP contribution in [0.2, 0.25) is 5.02 Å². The normalized spacial score (nSPS) is 15.5. The third-order valence-corrected chi connectivity index (χ3v) is 5.73. The van der Waals surface area contributed by atoms with Crippen LogP contribution < -0.4 is 14.8 Å². The van der Waals surface area contributed by atoms with E-state index in [2.05, 4.69) is 10.3 Å². The van der Waals surface area contributed by atoms with Crippen LogP contribution in [0.1, 0.15) is 27.1 Å². The van der Waals surface area contributed by atoms with E-state index >= 15 is 0 Å². The van der Waals surface area contributed by atoms with Crippen LogP contribution in [0.3, 0.4) is 0 Å². The summed E-state index contributed by atoms with van der Waals surface area (Å²) in [5.41, 5.74) is 1.92. The van der Waals surface area contributed by atoms with Crippen molar-refractivity contribution >= 4 is 34.5 Å². The van der Waals surface area contributed by atoms with Gasteiger partial charge in [0.25, 0.3) is 5.91 Å². The van der Waals surface area contributed by atoms with Crippen LogP contribution in [0.15, 0.2) is 48.0 Å². The van der Waals surface area contributed by atoms with E-state index in [-0.39, 0.29) is 5.91 Å². The molecular formula is C20H18ClN3O3S. The Kier molecular flexibility index (Phi) is 5.11. The van der Waals surface area contributed by atoms with Gasteiger partial charge >= 0.3 is 0 Å². The van der Waals surface area contributed by atoms with Gasteiger partial charge in [-0.15, -0.1) is 11.3 Å². The molecule has 1 atom stereocenters. The molecule has 0 bridgehead atoms. The number of amides is 1. The Morgan fingerprint density at radius 3 is 2.75 bits per heavy atom. The predicted octanol–water partition coefficient (Wildman–Crippen LogP) is 4.58. The van der Waals surface area contributed by atoms with Crippen LogP contribution in [-0.2, 0) is 6.54 Å². The third kappa shape index (κ3) is 3.27. The Balaban J connectivity index is 1.73. The number of rotatable bonds is 6. The number of pyridine rings is 1. The van der Waals surface area contributed by atoms with Gasteiger partial charge in [-0.3, -0.25) is 9.78 Å². The van der Waals surface area contributed by atoms with Crippen molar-refractivity contribution < 1.29 is 14.3 Å². The highest BCUT2D eigenvalue weighted by Crippen LogP contribution is 2.40. The number of hydrogen-bond donors (Lipinski definition) is 1. The van der Waals surface area contributed by atoms with Crippen LogP contribution in [0.5, 0.6) is 11.5 Å². The number of nitrogens with zero attached hydrogens (tertiary/aromatic N) is 2. The van der Waals surface area contributed by atoms with Crippen molar-refractivity contribution in [2.45, 2.75) is 12.7 Å². The number of aromatic nitrogens is 1. The molecule has 8 heteroatoms. The molecule has 1 amide bonds. The number of nitrogens with one attached hydrogen (secondary N) is 1. The summed E-state index contributed by atoms with van der Waals surface area (Å²) in [4.78, 5) is 20.3. The highest BCUT2D eigenvalue weighted by molar-refractivity contribution is 7.09. The fraction of sp³-hybridized carbons (Fsp3) is 0.200. The maximum atomic E-state index is 13.0. The molecule has 0 aliphatic carbocycles. The number of benzene rings is 1. The van der Waals surface area contributed by atoms with Crippen molar-refractivity contribution in [3.8, 4) is 11.5 Å². The number of thiophene rings is 1. The quantitative estimate of drug-likeness (QED) is 0.638. The first-order chi connectivity index (χ1) is 13.6. The highest BCUT2D eigenvalue weighted by atomic mass is 35.5. The first kappa shape index (κ1) is 18.6. The van der Waals surface area contributed by atoms with Gasteiger partial charge in [-0.1, -0.05) is 17.7 Å².